The molecule has 0 radical (unpaired) electrons. The quantitative estimate of drug-likeness (QED) is 0.498. The van der Waals surface area contributed by atoms with Gasteiger partial charge in [0.1, 0.15) is 11.6 Å². The van der Waals surface area contributed by atoms with Gasteiger partial charge in [0.05, 0.1) is 6.20 Å². The lowest BCUT2D eigenvalue weighted by molar-refractivity contribution is 0.102. The molecule has 1 saturated carbocycles. The molecule has 0 bridgehead atoms. The maximum absolute atomic E-state index is 13.0. The highest BCUT2D eigenvalue weighted by atomic mass is 16.1. The summed E-state index contributed by atoms with van der Waals surface area (Å²) >= 11 is 0. The van der Waals surface area contributed by atoms with E-state index in [9.17, 15) is 4.79 Å². The van der Waals surface area contributed by atoms with E-state index in [1.807, 2.05) is 37.6 Å². The minimum absolute atomic E-state index is 0.185. The molecule has 3 aromatic heterocycles. The molecule has 4 heterocycles. The topological polar surface area (TPSA) is 79.2 Å². The SMILES string of the molecule is Cn1cc(-c2ccc3cnc(NC(=O)c4ccnc(N5CCN(C6CC6)CC5)c4)cc3c2)cn1. The molecular weight excluding hydrogens is 426 g/mol. The van der Waals surface area contributed by atoms with Gasteiger partial charge in [-0.1, -0.05) is 12.1 Å². The molecule has 1 N–H and O–H groups in total. The van der Waals surface area contributed by atoms with Crippen LogP contribution in [0.2, 0.25) is 0 Å². The van der Waals surface area contributed by atoms with E-state index < -0.39 is 0 Å². The number of rotatable bonds is 5. The summed E-state index contributed by atoms with van der Waals surface area (Å²) in [5, 5.41) is 9.23. The van der Waals surface area contributed by atoms with Crippen LogP contribution in [0.3, 0.4) is 0 Å². The zero-order valence-corrected chi connectivity index (χ0v) is 19.2. The molecule has 2 aliphatic rings. The Labute approximate surface area is 198 Å². The fourth-order valence-corrected chi connectivity index (χ4v) is 4.64. The summed E-state index contributed by atoms with van der Waals surface area (Å²) in [4.78, 5) is 26.8. The Morgan fingerprint density at radius 2 is 1.79 bits per heavy atom. The van der Waals surface area contributed by atoms with Gasteiger partial charge in [-0.05, 0) is 48.1 Å². The number of hydrogen-bond donors (Lipinski definition) is 1. The first-order valence-corrected chi connectivity index (χ1v) is 11.8. The van der Waals surface area contributed by atoms with Crippen LogP contribution < -0.4 is 10.2 Å². The number of pyridine rings is 2. The van der Waals surface area contributed by atoms with E-state index in [0.717, 1.165) is 59.9 Å². The molecule has 0 spiro atoms. The molecule has 8 heteroatoms. The molecule has 0 unspecified atom stereocenters. The van der Waals surface area contributed by atoms with E-state index in [-0.39, 0.29) is 5.91 Å². The predicted molar refractivity (Wildman–Crippen MR) is 133 cm³/mol. The summed E-state index contributed by atoms with van der Waals surface area (Å²) in [6.45, 7) is 4.01. The number of anilines is 2. The Morgan fingerprint density at radius 1 is 0.941 bits per heavy atom. The smallest absolute Gasteiger partial charge is 0.257 e. The normalized spacial score (nSPS) is 16.7. The van der Waals surface area contributed by atoms with Crippen molar-refractivity contribution in [3.63, 3.8) is 0 Å². The molecular formula is C26H27N7O. The lowest BCUT2D eigenvalue weighted by Gasteiger charge is -2.35. The summed E-state index contributed by atoms with van der Waals surface area (Å²) in [5.41, 5.74) is 2.71. The van der Waals surface area contributed by atoms with Crippen LogP contribution in [0.15, 0.2) is 61.2 Å². The molecule has 8 nitrogen and oxygen atoms in total. The molecule has 1 aliphatic heterocycles. The maximum atomic E-state index is 13.0. The first kappa shape index (κ1) is 20.8. The van der Waals surface area contributed by atoms with Gasteiger partial charge in [0.2, 0.25) is 0 Å². The van der Waals surface area contributed by atoms with E-state index in [4.69, 9.17) is 0 Å². The fourth-order valence-electron chi connectivity index (χ4n) is 4.64. The predicted octanol–water partition coefficient (Wildman–Crippen LogP) is 3.57. The Kier molecular flexibility index (Phi) is 5.22. The number of hydrogen-bond acceptors (Lipinski definition) is 6. The number of benzene rings is 1. The van der Waals surface area contributed by atoms with Gasteiger partial charge in [0, 0.05) is 74.4 Å². The lowest BCUT2D eigenvalue weighted by Crippen LogP contribution is -2.47. The first-order valence-electron chi connectivity index (χ1n) is 11.8. The molecule has 0 atom stereocenters. The highest BCUT2D eigenvalue weighted by Crippen LogP contribution is 2.28. The first-order chi connectivity index (χ1) is 16.6. The van der Waals surface area contributed by atoms with Gasteiger partial charge in [-0.15, -0.1) is 0 Å². The van der Waals surface area contributed by atoms with E-state index >= 15 is 0 Å². The standard InChI is InChI=1S/C26H27N7O/c1-31-17-22(16-29-31)18-2-3-20-15-28-24(13-21(20)12-18)30-26(34)19-6-7-27-25(14-19)33-10-8-32(9-11-33)23-4-5-23/h2-3,6-7,12-17,23H,4-5,8-11H2,1H3,(H,28,30,34). The summed E-state index contributed by atoms with van der Waals surface area (Å²) in [7, 11) is 1.90. The molecule has 1 aliphatic carbocycles. The van der Waals surface area contributed by atoms with Gasteiger partial charge in [-0.3, -0.25) is 14.4 Å². The van der Waals surface area contributed by atoms with Crippen molar-refractivity contribution in [2.45, 2.75) is 18.9 Å². The van der Waals surface area contributed by atoms with Gasteiger partial charge < -0.3 is 10.2 Å². The number of aryl methyl sites for hydroxylation is 1. The second-order valence-corrected chi connectivity index (χ2v) is 9.15. The molecule has 1 amide bonds. The van der Waals surface area contributed by atoms with Crippen molar-refractivity contribution >= 4 is 28.3 Å². The molecule has 172 valence electrons. The third-order valence-electron chi connectivity index (χ3n) is 6.71. The summed E-state index contributed by atoms with van der Waals surface area (Å²) in [6, 6.07) is 12.5. The second kappa shape index (κ2) is 8.53. The minimum Gasteiger partial charge on any atom is -0.354 e. The van der Waals surface area contributed by atoms with Crippen molar-refractivity contribution < 1.29 is 4.79 Å². The number of nitrogens with one attached hydrogen (secondary N) is 1. The average molecular weight is 454 g/mol. The Bertz CT molecular complexity index is 1350. The van der Waals surface area contributed by atoms with Crippen LogP contribution in [0.1, 0.15) is 23.2 Å². The third kappa shape index (κ3) is 4.24. The number of carbonyl (C=O) groups is 1. The second-order valence-electron chi connectivity index (χ2n) is 9.15. The zero-order chi connectivity index (χ0) is 23.1. The van der Waals surface area contributed by atoms with Crippen LogP contribution in [0.25, 0.3) is 21.9 Å². The summed E-state index contributed by atoms with van der Waals surface area (Å²) in [5.74, 6) is 1.20. The van der Waals surface area contributed by atoms with E-state index in [0.29, 0.717) is 11.4 Å². The van der Waals surface area contributed by atoms with Crippen molar-refractivity contribution in [3.8, 4) is 11.1 Å². The maximum Gasteiger partial charge on any atom is 0.257 e. The Morgan fingerprint density at radius 3 is 2.56 bits per heavy atom. The van der Waals surface area contributed by atoms with E-state index in [1.54, 1.807) is 23.1 Å². The van der Waals surface area contributed by atoms with Crippen molar-refractivity contribution in [1.82, 2.24) is 24.6 Å². The monoisotopic (exact) mass is 453 g/mol. The molecule has 34 heavy (non-hydrogen) atoms. The van der Waals surface area contributed by atoms with Gasteiger partial charge in [0.25, 0.3) is 5.91 Å². The Hall–Kier alpha value is -3.78. The summed E-state index contributed by atoms with van der Waals surface area (Å²) < 4.78 is 1.79. The fraction of sp³-hybridized carbons (Fsp3) is 0.308. The average Bonchev–Trinajstić information content (AvgIpc) is 3.64. The van der Waals surface area contributed by atoms with Crippen molar-refractivity contribution in [1.29, 1.82) is 0 Å². The number of carbonyl (C=O) groups excluding carboxylic acids is 1. The molecule has 4 aromatic rings. The molecule has 1 saturated heterocycles. The lowest BCUT2D eigenvalue weighted by atomic mass is 10.1. The molecule has 2 fully saturated rings. The third-order valence-corrected chi connectivity index (χ3v) is 6.71. The van der Waals surface area contributed by atoms with Gasteiger partial charge in [-0.25, -0.2) is 9.97 Å². The van der Waals surface area contributed by atoms with Gasteiger partial charge in [-0.2, -0.15) is 5.10 Å². The largest absolute Gasteiger partial charge is 0.354 e. The molecule has 1 aromatic carbocycles. The van der Waals surface area contributed by atoms with Crippen LogP contribution in [0.5, 0.6) is 0 Å². The number of piperazine rings is 1. The van der Waals surface area contributed by atoms with Gasteiger partial charge in [0.15, 0.2) is 0 Å². The number of aromatic nitrogens is 4. The highest BCUT2D eigenvalue weighted by molar-refractivity contribution is 6.05. The van der Waals surface area contributed by atoms with Crippen LogP contribution in [-0.2, 0) is 7.05 Å². The minimum atomic E-state index is -0.185. The Balaban J connectivity index is 1.18. The summed E-state index contributed by atoms with van der Waals surface area (Å²) in [6.07, 6.45) is 10.00. The number of amides is 1. The van der Waals surface area contributed by atoms with E-state index in [1.165, 1.54) is 12.8 Å². The van der Waals surface area contributed by atoms with Crippen LogP contribution in [0, 0.1) is 0 Å². The van der Waals surface area contributed by atoms with Crippen LogP contribution >= 0.6 is 0 Å². The van der Waals surface area contributed by atoms with Crippen molar-refractivity contribution in [2.24, 2.45) is 7.05 Å². The van der Waals surface area contributed by atoms with Crippen LogP contribution in [0.4, 0.5) is 11.6 Å². The number of nitrogens with zero attached hydrogens (tertiary/aromatic N) is 6. The van der Waals surface area contributed by atoms with Crippen LogP contribution in [-0.4, -0.2) is 62.8 Å². The van der Waals surface area contributed by atoms with Gasteiger partial charge >= 0.3 is 0 Å². The van der Waals surface area contributed by atoms with Crippen molar-refractivity contribution in [2.75, 3.05) is 36.4 Å². The zero-order valence-electron chi connectivity index (χ0n) is 19.2. The highest BCUT2D eigenvalue weighted by Gasteiger charge is 2.31. The van der Waals surface area contributed by atoms with E-state index in [2.05, 4.69) is 42.3 Å². The van der Waals surface area contributed by atoms with Crippen molar-refractivity contribution in [3.05, 3.63) is 66.7 Å². The number of fused-ring (bicyclic) bond motifs is 1. The molecule has 6 rings (SSSR count).